The lowest BCUT2D eigenvalue weighted by atomic mass is 9.92. The molecule has 152 valence electrons. The summed E-state index contributed by atoms with van der Waals surface area (Å²) in [6.07, 6.45) is 0. The van der Waals surface area contributed by atoms with Crippen molar-refractivity contribution in [3.05, 3.63) is 59.2 Å². The molecule has 4 heteroatoms. The number of nitrogens with one attached hydrogen (secondary N) is 1. The van der Waals surface area contributed by atoms with Crippen molar-refractivity contribution < 1.29 is 9.53 Å². The van der Waals surface area contributed by atoms with Crippen LogP contribution in [0.3, 0.4) is 0 Å². The maximum Gasteiger partial charge on any atom is 0.238 e. The summed E-state index contributed by atoms with van der Waals surface area (Å²) in [6.45, 7) is 12.2. The molecule has 0 atom stereocenters. The number of amides is 1. The molecule has 0 saturated heterocycles. The van der Waals surface area contributed by atoms with Gasteiger partial charge in [0.05, 0.1) is 6.54 Å². The molecule has 0 radical (unpaired) electrons. The van der Waals surface area contributed by atoms with Crippen LogP contribution in [0.1, 0.15) is 56.2 Å². The molecule has 0 aromatic heterocycles. The largest absolute Gasteiger partial charge is 0.492 e. The van der Waals surface area contributed by atoms with Crippen LogP contribution in [-0.2, 0) is 4.79 Å². The zero-order chi connectivity index (χ0) is 20.7. The fourth-order valence-corrected chi connectivity index (χ4v) is 3.23. The summed E-state index contributed by atoms with van der Waals surface area (Å²) >= 11 is 0. The van der Waals surface area contributed by atoms with Gasteiger partial charge in [0.1, 0.15) is 12.4 Å². The van der Waals surface area contributed by atoms with Gasteiger partial charge in [-0.3, -0.25) is 9.69 Å². The van der Waals surface area contributed by atoms with Gasteiger partial charge in [0.15, 0.2) is 0 Å². The molecule has 0 aliphatic heterocycles. The van der Waals surface area contributed by atoms with Crippen LogP contribution in [0.4, 0.5) is 5.69 Å². The van der Waals surface area contributed by atoms with Gasteiger partial charge in [-0.05, 0) is 48.6 Å². The second-order valence-corrected chi connectivity index (χ2v) is 8.02. The highest BCUT2D eigenvalue weighted by molar-refractivity contribution is 5.94. The molecule has 0 bridgehead atoms. The Bertz CT molecular complexity index is 758. The Labute approximate surface area is 169 Å². The minimum atomic E-state index is 0.00777. The Morgan fingerprint density at radius 1 is 1.00 bits per heavy atom. The lowest BCUT2D eigenvalue weighted by molar-refractivity contribution is -0.117. The Hall–Kier alpha value is -2.33. The van der Waals surface area contributed by atoms with E-state index in [1.165, 1.54) is 11.1 Å². The van der Waals surface area contributed by atoms with Gasteiger partial charge < -0.3 is 10.1 Å². The van der Waals surface area contributed by atoms with Gasteiger partial charge in [-0.2, -0.15) is 0 Å². The van der Waals surface area contributed by atoms with Gasteiger partial charge in [-0.25, -0.2) is 0 Å². The quantitative estimate of drug-likeness (QED) is 0.649. The normalized spacial score (nSPS) is 11.3. The summed E-state index contributed by atoms with van der Waals surface area (Å²) in [7, 11) is 1.94. The van der Waals surface area contributed by atoms with E-state index in [0.717, 1.165) is 17.0 Å². The first-order valence-electron chi connectivity index (χ1n) is 10.1. The molecule has 0 heterocycles. The maximum atomic E-state index is 12.7. The van der Waals surface area contributed by atoms with E-state index in [1.54, 1.807) is 0 Å². The van der Waals surface area contributed by atoms with E-state index >= 15 is 0 Å². The number of nitrogens with zero attached hydrogens (tertiary/aromatic N) is 1. The number of anilines is 1. The molecule has 0 fully saturated rings. The molecule has 0 spiro atoms. The van der Waals surface area contributed by atoms with E-state index in [-0.39, 0.29) is 5.91 Å². The van der Waals surface area contributed by atoms with Crippen LogP contribution in [0.2, 0.25) is 0 Å². The van der Waals surface area contributed by atoms with Crippen LogP contribution >= 0.6 is 0 Å². The Morgan fingerprint density at radius 3 is 2.18 bits per heavy atom. The van der Waals surface area contributed by atoms with Crippen LogP contribution in [0.15, 0.2) is 42.5 Å². The number of aryl methyl sites for hydroxylation is 1. The smallest absolute Gasteiger partial charge is 0.238 e. The Morgan fingerprint density at radius 2 is 1.61 bits per heavy atom. The van der Waals surface area contributed by atoms with Gasteiger partial charge in [0.25, 0.3) is 0 Å². The highest BCUT2D eigenvalue weighted by Crippen LogP contribution is 2.32. The zero-order valence-electron chi connectivity index (χ0n) is 18.1. The topological polar surface area (TPSA) is 41.6 Å². The van der Waals surface area contributed by atoms with Crippen molar-refractivity contribution in [2.75, 3.05) is 32.1 Å². The van der Waals surface area contributed by atoms with Gasteiger partial charge in [-0.1, -0.05) is 64.1 Å². The van der Waals surface area contributed by atoms with E-state index in [9.17, 15) is 4.79 Å². The second-order valence-electron chi connectivity index (χ2n) is 8.02. The summed E-state index contributed by atoms with van der Waals surface area (Å²) in [6, 6.07) is 14.3. The van der Waals surface area contributed by atoms with Crippen molar-refractivity contribution in [3.63, 3.8) is 0 Å². The van der Waals surface area contributed by atoms with Crippen LogP contribution < -0.4 is 10.1 Å². The number of hydrogen-bond acceptors (Lipinski definition) is 3. The first-order chi connectivity index (χ1) is 13.3. The SMILES string of the molecule is Cc1ccccc1OCCN(C)CC(=O)Nc1c(C(C)C)cccc1C(C)C. The summed E-state index contributed by atoms with van der Waals surface area (Å²) in [5.74, 6) is 1.62. The molecule has 1 N–H and O–H groups in total. The minimum absolute atomic E-state index is 0.00777. The van der Waals surface area contributed by atoms with Gasteiger partial charge in [0.2, 0.25) is 5.91 Å². The van der Waals surface area contributed by atoms with E-state index in [4.69, 9.17) is 4.74 Å². The molecule has 0 aliphatic carbocycles. The number of ether oxygens (including phenoxy) is 1. The summed E-state index contributed by atoms with van der Waals surface area (Å²) in [4.78, 5) is 14.7. The van der Waals surface area contributed by atoms with Crippen LogP contribution in [-0.4, -0.2) is 37.6 Å². The maximum absolute atomic E-state index is 12.7. The molecule has 2 aromatic rings. The van der Waals surface area contributed by atoms with E-state index < -0.39 is 0 Å². The fourth-order valence-electron chi connectivity index (χ4n) is 3.23. The Balaban J connectivity index is 1.94. The standard InChI is InChI=1S/C24H34N2O2/c1-17(2)20-11-9-12-21(18(3)4)24(20)25-23(27)16-26(6)14-15-28-22-13-8-7-10-19(22)5/h7-13,17-18H,14-16H2,1-6H3,(H,25,27). The number of likely N-dealkylation sites (N-methyl/N-ethyl adjacent to an activating group) is 1. The Kier molecular flexibility index (Phi) is 8.06. The molecular formula is C24H34N2O2. The summed E-state index contributed by atoms with van der Waals surface area (Å²) in [5, 5.41) is 3.17. The van der Waals surface area contributed by atoms with E-state index in [2.05, 4.69) is 51.2 Å². The van der Waals surface area contributed by atoms with Crippen molar-refractivity contribution in [3.8, 4) is 5.75 Å². The van der Waals surface area contributed by atoms with Crippen molar-refractivity contribution >= 4 is 11.6 Å². The van der Waals surface area contributed by atoms with Gasteiger partial charge >= 0.3 is 0 Å². The minimum Gasteiger partial charge on any atom is -0.492 e. The second kappa shape index (κ2) is 10.3. The average Bonchev–Trinajstić information content (AvgIpc) is 2.63. The molecule has 28 heavy (non-hydrogen) atoms. The zero-order valence-corrected chi connectivity index (χ0v) is 18.1. The molecule has 0 aliphatic rings. The van der Waals surface area contributed by atoms with Gasteiger partial charge in [0, 0.05) is 12.2 Å². The molecule has 0 saturated carbocycles. The number of carbonyl (C=O) groups is 1. The highest BCUT2D eigenvalue weighted by atomic mass is 16.5. The first kappa shape index (κ1) is 22.0. The molecule has 0 unspecified atom stereocenters. The monoisotopic (exact) mass is 382 g/mol. The average molecular weight is 383 g/mol. The third-order valence-electron chi connectivity index (χ3n) is 4.88. The third-order valence-corrected chi connectivity index (χ3v) is 4.88. The van der Waals surface area contributed by atoms with E-state index in [0.29, 0.717) is 31.5 Å². The predicted molar refractivity (Wildman–Crippen MR) is 117 cm³/mol. The number of benzene rings is 2. The molecule has 1 amide bonds. The highest BCUT2D eigenvalue weighted by Gasteiger charge is 2.16. The van der Waals surface area contributed by atoms with Crippen molar-refractivity contribution in [2.24, 2.45) is 0 Å². The number of hydrogen-bond donors (Lipinski definition) is 1. The van der Waals surface area contributed by atoms with Crippen molar-refractivity contribution in [1.82, 2.24) is 4.90 Å². The first-order valence-corrected chi connectivity index (χ1v) is 10.1. The molecule has 2 aromatic carbocycles. The molecule has 4 nitrogen and oxygen atoms in total. The van der Waals surface area contributed by atoms with Crippen molar-refractivity contribution in [1.29, 1.82) is 0 Å². The lowest BCUT2D eigenvalue weighted by Gasteiger charge is -2.22. The van der Waals surface area contributed by atoms with Crippen LogP contribution in [0, 0.1) is 6.92 Å². The molecule has 2 rings (SSSR count). The lowest BCUT2D eigenvalue weighted by Crippen LogP contribution is -2.33. The van der Waals surface area contributed by atoms with E-state index in [1.807, 2.05) is 43.1 Å². The number of rotatable bonds is 9. The van der Waals surface area contributed by atoms with Crippen molar-refractivity contribution in [2.45, 2.75) is 46.5 Å². The predicted octanol–water partition coefficient (Wildman–Crippen LogP) is 5.19. The fraction of sp³-hybridized carbons (Fsp3) is 0.458. The number of carbonyl (C=O) groups excluding carboxylic acids is 1. The molecular weight excluding hydrogens is 348 g/mol. The third kappa shape index (κ3) is 6.10. The number of para-hydroxylation sites is 2. The van der Waals surface area contributed by atoms with Crippen LogP contribution in [0.5, 0.6) is 5.75 Å². The van der Waals surface area contributed by atoms with Crippen LogP contribution in [0.25, 0.3) is 0 Å². The van der Waals surface area contributed by atoms with Gasteiger partial charge in [-0.15, -0.1) is 0 Å². The summed E-state index contributed by atoms with van der Waals surface area (Å²) < 4.78 is 5.84. The summed E-state index contributed by atoms with van der Waals surface area (Å²) in [5.41, 5.74) is 4.46.